The summed E-state index contributed by atoms with van der Waals surface area (Å²) in [5, 5.41) is -0.531. The number of nitrogens with one attached hydrogen (secondary N) is 1. The highest BCUT2D eigenvalue weighted by atomic mass is 35.5. The Labute approximate surface area is 103 Å². The van der Waals surface area contributed by atoms with Crippen LogP contribution in [0.15, 0.2) is 9.59 Å². The molecule has 17 heavy (non-hydrogen) atoms. The van der Waals surface area contributed by atoms with E-state index in [4.69, 9.17) is 11.6 Å². The van der Waals surface area contributed by atoms with E-state index in [9.17, 15) is 14.0 Å². The normalized spacial score (nSPS) is 12.7. The first-order valence-electron chi connectivity index (χ1n) is 5.68. The molecule has 0 spiro atoms. The fourth-order valence-corrected chi connectivity index (χ4v) is 1.88. The van der Waals surface area contributed by atoms with Gasteiger partial charge in [0.05, 0.1) is 0 Å². The Morgan fingerprint density at radius 2 is 2.06 bits per heavy atom. The molecular weight excluding hydrogens is 247 g/mol. The molecule has 0 radical (unpaired) electrons. The lowest BCUT2D eigenvalue weighted by Gasteiger charge is -2.13. The predicted molar refractivity (Wildman–Crippen MR) is 65.1 cm³/mol. The van der Waals surface area contributed by atoms with Crippen LogP contribution in [0.5, 0.6) is 0 Å². The van der Waals surface area contributed by atoms with Gasteiger partial charge in [0.25, 0.3) is 5.56 Å². The Bertz CT molecular complexity index is 495. The highest BCUT2D eigenvalue weighted by Crippen LogP contribution is 2.12. The Balaban J connectivity index is 3.02. The monoisotopic (exact) mass is 262 g/mol. The predicted octanol–water partition coefficient (Wildman–Crippen LogP) is 2.47. The molecule has 0 aliphatic rings. The van der Waals surface area contributed by atoms with Crippen molar-refractivity contribution in [2.75, 3.05) is 0 Å². The molecule has 6 heteroatoms. The standard InChI is InChI=1S/C11H16ClFN2O2/c1-3-4-5-6-7(2)15-10(16)8(13)9(12)14-11(15)17/h7H,3-6H2,1-2H3,(H,14,17). The molecule has 0 saturated heterocycles. The van der Waals surface area contributed by atoms with Gasteiger partial charge in [-0.2, -0.15) is 4.39 Å². The van der Waals surface area contributed by atoms with Crippen LogP contribution in [0.1, 0.15) is 45.6 Å². The van der Waals surface area contributed by atoms with Gasteiger partial charge in [-0.1, -0.05) is 37.8 Å². The van der Waals surface area contributed by atoms with Gasteiger partial charge in [0, 0.05) is 6.04 Å². The summed E-state index contributed by atoms with van der Waals surface area (Å²) in [7, 11) is 0. The topological polar surface area (TPSA) is 54.9 Å². The molecule has 1 aromatic heterocycles. The second kappa shape index (κ2) is 6.00. The van der Waals surface area contributed by atoms with Crippen LogP contribution in [0.25, 0.3) is 0 Å². The number of aromatic amines is 1. The third-order valence-corrected chi connectivity index (χ3v) is 2.96. The van der Waals surface area contributed by atoms with Crippen LogP contribution in [0.2, 0.25) is 5.15 Å². The van der Waals surface area contributed by atoms with Crippen molar-refractivity contribution < 1.29 is 4.39 Å². The molecular formula is C11H16ClFN2O2. The van der Waals surface area contributed by atoms with Crippen molar-refractivity contribution in [3.05, 3.63) is 31.8 Å². The molecule has 0 aromatic carbocycles. The average molecular weight is 263 g/mol. The second-order valence-corrected chi connectivity index (χ2v) is 4.46. The first-order chi connectivity index (χ1) is 7.99. The fourth-order valence-electron chi connectivity index (χ4n) is 1.72. The zero-order chi connectivity index (χ0) is 13.0. The van der Waals surface area contributed by atoms with Gasteiger partial charge in [0.2, 0.25) is 5.82 Å². The highest BCUT2D eigenvalue weighted by Gasteiger charge is 2.16. The van der Waals surface area contributed by atoms with E-state index in [0.717, 1.165) is 23.8 Å². The van der Waals surface area contributed by atoms with Crippen molar-refractivity contribution >= 4 is 11.6 Å². The van der Waals surface area contributed by atoms with E-state index in [1.807, 2.05) is 0 Å². The largest absolute Gasteiger partial charge is 0.329 e. The molecule has 1 atom stereocenters. The Hall–Kier alpha value is -1.10. The van der Waals surface area contributed by atoms with Crippen molar-refractivity contribution in [3.63, 3.8) is 0 Å². The zero-order valence-corrected chi connectivity index (χ0v) is 10.7. The Kier molecular flexibility index (Phi) is 4.93. The number of aromatic nitrogens is 2. The first kappa shape index (κ1) is 14.0. The minimum Gasteiger partial charge on any atom is -0.295 e. The molecule has 0 saturated carbocycles. The summed E-state index contributed by atoms with van der Waals surface area (Å²) in [6.07, 6.45) is 3.63. The van der Waals surface area contributed by atoms with Crippen molar-refractivity contribution in [1.82, 2.24) is 9.55 Å². The maximum atomic E-state index is 13.3. The van der Waals surface area contributed by atoms with E-state index in [1.54, 1.807) is 6.92 Å². The number of hydrogen-bond acceptors (Lipinski definition) is 2. The van der Waals surface area contributed by atoms with E-state index in [2.05, 4.69) is 11.9 Å². The molecule has 4 nitrogen and oxygen atoms in total. The average Bonchev–Trinajstić information content (AvgIpc) is 2.26. The van der Waals surface area contributed by atoms with Crippen molar-refractivity contribution in [1.29, 1.82) is 0 Å². The summed E-state index contributed by atoms with van der Waals surface area (Å²) in [4.78, 5) is 25.2. The summed E-state index contributed by atoms with van der Waals surface area (Å²) in [5.74, 6) is -1.10. The first-order valence-corrected chi connectivity index (χ1v) is 6.06. The van der Waals surface area contributed by atoms with Gasteiger partial charge in [-0.05, 0) is 13.3 Å². The number of halogens is 2. The third-order valence-electron chi connectivity index (χ3n) is 2.70. The third kappa shape index (κ3) is 3.19. The van der Waals surface area contributed by atoms with E-state index in [0.29, 0.717) is 6.42 Å². The molecule has 0 aliphatic heterocycles. The molecule has 1 heterocycles. The van der Waals surface area contributed by atoms with Gasteiger partial charge in [-0.25, -0.2) is 4.79 Å². The smallest absolute Gasteiger partial charge is 0.295 e. The van der Waals surface area contributed by atoms with Gasteiger partial charge in [0.1, 0.15) is 0 Å². The van der Waals surface area contributed by atoms with Gasteiger partial charge < -0.3 is 0 Å². The van der Waals surface area contributed by atoms with Crippen molar-refractivity contribution in [2.24, 2.45) is 0 Å². The molecule has 0 amide bonds. The van der Waals surface area contributed by atoms with Gasteiger partial charge in [0.15, 0.2) is 5.15 Å². The Morgan fingerprint density at radius 3 is 2.65 bits per heavy atom. The van der Waals surface area contributed by atoms with Crippen LogP contribution < -0.4 is 11.2 Å². The van der Waals surface area contributed by atoms with E-state index < -0.39 is 22.2 Å². The lowest BCUT2D eigenvalue weighted by atomic mass is 10.1. The second-order valence-electron chi connectivity index (χ2n) is 4.08. The molecule has 1 rings (SSSR count). The van der Waals surface area contributed by atoms with Crippen molar-refractivity contribution in [2.45, 2.75) is 45.6 Å². The van der Waals surface area contributed by atoms with Crippen LogP contribution >= 0.6 is 11.6 Å². The molecule has 1 aromatic rings. The van der Waals surface area contributed by atoms with Crippen LogP contribution in [0, 0.1) is 5.82 Å². The lowest BCUT2D eigenvalue weighted by molar-refractivity contribution is 0.430. The summed E-state index contributed by atoms with van der Waals surface area (Å²) in [6.45, 7) is 3.78. The summed E-state index contributed by atoms with van der Waals surface area (Å²) < 4.78 is 14.2. The number of H-pyrrole nitrogens is 1. The van der Waals surface area contributed by atoms with Crippen LogP contribution in [-0.2, 0) is 0 Å². The summed E-state index contributed by atoms with van der Waals surface area (Å²) in [6, 6.07) is -0.329. The summed E-state index contributed by atoms with van der Waals surface area (Å²) >= 11 is 5.38. The van der Waals surface area contributed by atoms with Gasteiger partial charge in [-0.15, -0.1) is 0 Å². The Morgan fingerprint density at radius 1 is 1.41 bits per heavy atom. The van der Waals surface area contributed by atoms with Gasteiger partial charge in [-0.3, -0.25) is 14.3 Å². The minimum atomic E-state index is -1.10. The van der Waals surface area contributed by atoms with E-state index in [1.165, 1.54) is 0 Å². The molecule has 1 N–H and O–H groups in total. The SMILES string of the molecule is CCCCCC(C)n1c(=O)[nH]c(Cl)c(F)c1=O. The number of unbranched alkanes of at least 4 members (excludes halogenated alkanes) is 2. The summed E-state index contributed by atoms with van der Waals surface area (Å²) in [5.41, 5.74) is -1.62. The van der Waals surface area contributed by atoms with Crippen molar-refractivity contribution in [3.8, 4) is 0 Å². The molecule has 0 fully saturated rings. The van der Waals surface area contributed by atoms with Crippen LogP contribution in [-0.4, -0.2) is 9.55 Å². The number of rotatable bonds is 5. The number of hydrogen-bond donors (Lipinski definition) is 1. The minimum absolute atomic E-state index is 0.329. The van der Waals surface area contributed by atoms with Crippen LogP contribution in [0.4, 0.5) is 4.39 Å². The molecule has 1 unspecified atom stereocenters. The van der Waals surface area contributed by atoms with E-state index >= 15 is 0 Å². The molecule has 0 aliphatic carbocycles. The fraction of sp³-hybridized carbons (Fsp3) is 0.636. The van der Waals surface area contributed by atoms with Crippen LogP contribution in [0.3, 0.4) is 0 Å². The highest BCUT2D eigenvalue weighted by molar-refractivity contribution is 6.29. The maximum absolute atomic E-state index is 13.3. The quantitative estimate of drug-likeness (QED) is 0.655. The maximum Gasteiger partial charge on any atom is 0.329 e. The lowest BCUT2D eigenvalue weighted by Crippen LogP contribution is -2.39. The number of nitrogens with zero attached hydrogens (tertiary/aromatic N) is 1. The zero-order valence-electron chi connectivity index (χ0n) is 9.93. The molecule has 0 bridgehead atoms. The van der Waals surface area contributed by atoms with Gasteiger partial charge >= 0.3 is 5.69 Å². The van der Waals surface area contributed by atoms with E-state index in [-0.39, 0.29) is 6.04 Å². The molecule has 96 valence electrons.